The summed E-state index contributed by atoms with van der Waals surface area (Å²) in [5.41, 5.74) is 0. The van der Waals surface area contributed by atoms with Gasteiger partial charge in [0.2, 0.25) is 0 Å². The maximum absolute atomic E-state index is 10.7. The zero-order chi connectivity index (χ0) is 9.72. The molecule has 0 unspecified atom stereocenters. The highest BCUT2D eigenvalue weighted by atomic mass is 32.2. The van der Waals surface area contributed by atoms with Crippen LogP contribution in [0.1, 0.15) is 27.7 Å². The fourth-order valence-electron chi connectivity index (χ4n) is 0.575. The van der Waals surface area contributed by atoms with Crippen LogP contribution in [0.2, 0.25) is 0 Å². The average Bonchev–Trinajstić information content (AvgIpc) is 1.84. The Balaban J connectivity index is 4.25. The van der Waals surface area contributed by atoms with Gasteiger partial charge < -0.3 is 0 Å². The fourth-order valence-corrected chi connectivity index (χ4v) is 1.97. The van der Waals surface area contributed by atoms with Gasteiger partial charge >= 0.3 is 0 Å². The third-order valence-corrected chi connectivity index (χ3v) is 3.02. The van der Waals surface area contributed by atoms with Gasteiger partial charge in [-0.25, -0.2) is 0 Å². The summed E-state index contributed by atoms with van der Waals surface area (Å²) in [4.78, 5) is 23.2. The highest BCUT2D eigenvalue weighted by molar-refractivity contribution is 8.20. The first-order valence-corrected chi connectivity index (χ1v) is 5.11. The number of allylic oxidation sites excluding steroid dienone is 2. The Bertz CT molecular complexity index is 207. The molecule has 0 aliphatic heterocycles. The first-order chi connectivity index (χ1) is 5.43. The van der Waals surface area contributed by atoms with Crippen LogP contribution >= 0.6 is 23.5 Å². The van der Waals surface area contributed by atoms with Crippen molar-refractivity contribution in [3.05, 3.63) is 9.81 Å². The van der Waals surface area contributed by atoms with Crippen LogP contribution in [0.4, 0.5) is 0 Å². The van der Waals surface area contributed by atoms with Crippen molar-refractivity contribution >= 4 is 33.8 Å². The normalized spacial score (nSPS) is 12.3. The van der Waals surface area contributed by atoms with Crippen LogP contribution in [-0.4, -0.2) is 10.2 Å². The highest BCUT2D eigenvalue weighted by Gasteiger charge is 2.03. The van der Waals surface area contributed by atoms with Gasteiger partial charge in [-0.15, -0.1) is 0 Å². The minimum absolute atomic E-state index is 0.0519. The van der Waals surface area contributed by atoms with E-state index in [1.54, 1.807) is 0 Å². The second-order valence-electron chi connectivity index (χ2n) is 2.30. The maximum atomic E-state index is 10.7. The van der Waals surface area contributed by atoms with E-state index >= 15 is 0 Å². The summed E-state index contributed by atoms with van der Waals surface area (Å²) in [6.45, 7) is 6.72. The van der Waals surface area contributed by atoms with Gasteiger partial charge in [-0.1, -0.05) is 23.5 Å². The summed E-state index contributed by atoms with van der Waals surface area (Å²) >= 11 is 2.34. The van der Waals surface area contributed by atoms with Crippen molar-refractivity contribution < 1.29 is 9.59 Å². The minimum Gasteiger partial charge on any atom is -0.287 e. The molecule has 0 aliphatic rings. The summed E-state index contributed by atoms with van der Waals surface area (Å²) in [5.74, 6) is 0. The smallest absolute Gasteiger partial charge is 0.190 e. The first-order valence-electron chi connectivity index (χ1n) is 3.47. The van der Waals surface area contributed by atoms with E-state index in [1.807, 2.05) is 13.8 Å². The van der Waals surface area contributed by atoms with E-state index in [2.05, 4.69) is 0 Å². The molecule has 0 N–H and O–H groups in total. The Morgan fingerprint density at radius 2 is 1.00 bits per heavy atom. The van der Waals surface area contributed by atoms with E-state index in [9.17, 15) is 9.59 Å². The minimum atomic E-state index is 0.0519. The molecule has 0 saturated carbocycles. The van der Waals surface area contributed by atoms with Gasteiger partial charge in [-0.2, -0.15) is 0 Å². The van der Waals surface area contributed by atoms with Crippen LogP contribution in [0, 0.1) is 0 Å². The standard InChI is InChI=1S/C8H12O2S2/c1-5(11-7(3)9)6(2)12-8(4)10/h1-4H3/b6-5+. The number of rotatable bonds is 2. The molecule has 0 saturated heterocycles. The van der Waals surface area contributed by atoms with E-state index in [1.165, 1.54) is 37.4 Å². The van der Waals surface area contributed by atoms with Crippen molar-refractivity contribution in [3.63, 3.8) is 0 Å². The summed E-state index contributed by atoms with van der Waals surface area (Å²) in [5, 5.41) is 0.104. The topological polar surface area (TPSA) is 34.1 Å². The van der Waals surface area contributed by atoms with Crippen molar-refractivity contribution in [2.24, 2.45) is 0 Å². The van der Waals surface area contributed by atoms with Gasteiger partial charge in [-0.3, -0.25) is 9.59 Å². The van der Waals surface area contributed by atoms with Crippen LogP contribution in [0.5, 0.6) is 0 Å². The largest absolute Gasteiger partial charge is 0.287 e. The second kappa shape index (κ2) is 5.43. The molecule has 0 heterocycles. The number of thioether (sulfide) groups is 2. The lowest BCUT2D eigenvalue weighted by Gasteiger charge is -2.01. The molecular weight excluding hydrogens is 192 g/mol. The van der Waals surface area contributed by atoms with E-state index in [0.29, 0.717) is 0 Å². The molecule has 0 aliphatic carbocycles. The molecule has 2 nitrogen and oxygen atoms in total. The van der Waals surface area contributed by atoms with Crippen LogP contribution < -0.4 is 0 Å². The molecule has 0 spiro atoms. The molecule has 0 atom stereocenters. The fraction of sp³-hybridized carbons (Fsp3) is 0.500. The Hall–Kier alpha value is -0.220. The zero-order valence-electron chi connectivity index (χ0n) is 7.63. The second-order valence-corrected chi connectivity index (χ2v) is 5.08. The molecule has 0 amide bonds. The lowest BCUT2D eigenvalue weighted by Crippen LogP contribution is -1.86. The number of carbonyl (C=O) groups is 2. The summed E-state index contributed by atoms with van der Waals surface area (Å²) in [6.07, 6.45) is 0. The van der Waals surface area contributed by atoms with Crippen molar-refractivity contribution in [3.8, 4) is 0 Å². The van der Waals surface area contributed by atoms with Gasteiger partial charge in [0.15, 0.2) is 10.2 Å². The predicted molar refractivity (Wildman–Crippen MR) is 54.9 cm³/mol. The van der Waals surface area contributed by atoms with Crippen LogP contribution in [0.25, 0.3) is 0 Å². The Morgan fingerprint density at radius 1 is 0.750 bits per heavy atom. The molecule has 12 heavy (non-hydrogen) atoms. The van der Waals surface area contributed by atoms with Crippen LogP contribution in [-0.2, 0) is 9.59 Å². The maximum Gasteiger partial charge on any atom is 0.190 e. The predicted octanol–water partition coefficient (Wildman–Crippen LogP) is 2.80. The van der Waals surface area contributed by atoms with Gasteiger partial charge in [0.1, 0.15) is 0 Å². The molecule has 0 fully saturated rings. The third kappa shape index (κ3) is 5.43. The average molecular weight is 204 g/mol. The van der Waals surface area contributed by atoms with Crippen LogP contribution in [0.15, 0.2) is 9.81 Å². The molecule has 0 aromatic heterocycles. The molecule has 0 aromatic rings. The number of carbonyl (C=O) groups excluding carboxylic acids is 2. The highest BCUT2D eigenvalue weighted by Crippen LogP contribution is 2.27. The lowest BCUT2D eigenvalue weighted by atomic mass is 10.6. The van der Waals surface area contributed by atoms with E-state index < -0.39 is 0 Å². The molecule has 0 aromatic carbocycles. The summed E-state index contributed by atoms with van der Waals surface area (Å²) in [6, 6.07) is 0. The van der Waals surface area contributed by atoms with Gasteiger partial charge in [0.05, 0.1) is 0 Å². The molecule has 68 valence electrons. The van der Waals surface area contributed by atoms with Crippen molar-refractivity contribution in [2.45, 2.75) is 27.7 Å². The van der Waals surface area contributed by atoms with E-state index in [4.69, 9.17) is 0 Å². The quantitative estimate of drug-likeness (QED) is 0.692. The first kappa shape index (κ1) is 11.8. The van der Waals surface area contributed by atoms with Crippen LogP contribution in [0.3, 0.4) is 0 Å². The van der Waals surface area contributed by atoms with Crippen molar-refractivity contribution in [1.29, 1.82) is 0 Å². The summed E-state index contributed by atoms with van der Waals surface area (Å²) in [7, 11) is 0. The van der Waals surface area contributed by atoms with E-state index in [-0.39, 0.29) is 10.2 Å². The van der Waals surface area contributed by atoms with Crippen molar-refractivity contribution in [2.75, 3.05) is 0 Å². The lowest BCUT2D eigenvalue weighted by molar-refractivity contribution is -0.109. The Kier molecular flexibility index (Phi) is 5.33. The number of hydrogen-bond acceptors (Lipinski definition) is 4. The molecule has 0 radical (unpaired) electrons. The monoisotopic (exact) mass is 204 g/mol. The Morgan fingerprint density at radius 3 is 1.17 bits per heavy atom. The molecule has 0 bridgehead atoms. The zero-order valence-corrected chi connectivity index (χ0v) is 9.27. The third-order valence-electron chi connectivity index (χ3n) is 1.09. The molecule has 0 rings (SSSR count). The van der Waals surface area contributed by atoms with Crippen molar-refractivity contribution in [1.82, 2.24) is 0 Å². The van der Waals surface area contributed by atoms with Gasteiger partial charge in [-0.05, 0) is 23.7 Å². The van der Waals surface area contributed by atoms with E-state index in [0.717, 1.165) is 9.81 Å². The van der Waals surface area contributed by atoms with Gasteiger partial charge in [0.25, 0.3) is 0 Å². The summed E-state index contributed by atoms with van der Waals surface area (Å²) < 4.78 is 0. The molecule has 4 heteroatoms. The number of hydrogen-bond donors (Lipinski definition) is 0. The van der Waals surface area contributed by atoms with Gasteiger partial charge in [0, 0.05) is 13.8 Å². The molecular formula is C8H12O2S2. The SMILES string of the molecule is CC(=O)S/C(C)=C(\C)SC(C)=O. The Labute approximate surface area is 81.2 Å².